The van der Waals surface area contributed by atoms with Gasteiger partial charge < -0.3 is 20.7 Å². The molecular formula is C75H117N3O4. The topological polar surface area (TPSA) is 119 Å². The van der Waals surface area contributed by atoms with Crippen molar-refractivity contribution in [3.63, 3.8) is 0 Å². The zero-order valence-corrected chi connectivity index (χ0v) is 54.6. The van der Waals surface area contributed by atoms with Gasteiger partial charge in [0, 0.05) is 29.7 Å². The Labute approximate surface area is 503 Å². The van der Waals surface area contributed by atoms with Crippen LogP contribution >= 0.6 is 0 Å². The first-order valence-electron chi connectivity index (χ1n) is 28.4. The second-order valence-electron chi connectivity index (χ2n) is 25.2. The van der Waals surface area contributed by atoms with Crippen molar-refractivity contribution in [2.24, 2.45) is 5.73 Å². The fraction of sp³-hybridized carbons (Fsp3) is 0.453. The molecule has 0 saturated carbocycles. The summed E-state index contributed by atoms with van der Waals surface area (Å²) in [6.07, 6.45) is 3.65. The van der Waals surface area contributed by atoms with E-state index in [4.69, 9.17) is 15.6 Å². The van der Waals surface area contributed by atoms with Crippen molar-refractivity contribution < 1.29 is 19.7 Å². The van der Waals surface area contributed by atoms with E-state index in [9.17, 15) is 9.90 Å². The monoisotopic (exact) mass is 1120 g/mol. The molecule has 7 aromatic rings. The first kappa shape index (κ1) is 81.9. The molecule has 0 unspecified atom stereocenters. The van der Waals surface area contributed by atoms with Crippen LogP contribution in [0.3, 0.4) is 0 Å². The van der Waals surface area contributed by atoms with Crippen molar-refractivity contribution in [2.45, 2.75) is 220 Å². The van der Waals surface area contributed by atoms with Crippen LogP contribution in [0.25, 0.3) is 0 Å². The molecule has 0 saturated heterocycles. The Kier molecular flexibility index (Phi) is 39.7. The number of phenols is 1. The number of nitrogens with two attached hydrogens (primary N) is 1. The molecule has 0 aliphatic heterocycles. The van der Waals surface area contributed by atoms with Crippen LogP contribution in [-0.4, -0.2) is 33.2 Å². The number of carbonyl (C=O) groups is 1. The van der Waals surface area contributed by atoms with Crippen molar-refractivity contribution in [1.29, 1.82) is 0 Å². The molecule has 5 aromatic carbocycles. The van der Waals surface area contributed by atoms with E-state index in [1.807, 2.05) is 132 Å². The SMILES string of the molecule is C.C.CC.CC.CC(C)(C)c1cccc(C(N)=O)c1.CC(C)(C)c1cccc(CO)c1.CC(C)(C)c1cccc(O)c1.COc1cc(C(C)(C)C)ccn1.Cc1cc(C(C)(C)C)ccn1.Cc1cccc(C(C)(C)C)c1.c1ccccc1. The molecule has 4 N–H and O–H groups in total. The molecule has 0 radical (unpaired) electrons. The lowest BCUT2D eigenvalue weighted by Crippen LogP contribution is -2.15. The maximum absolute atomic E-state index is 10.9. The lowest BCUT2D eigenvalue weighted by atomic mass is 9.86. The lowest BCUT2D eigenvalue weighted by Gasteiger charge is -2.19. The van der Waals surface area contributed by atoms with Crippen LogP contribution in [0.4, 0.5) is 0 Å². The number of hydrogen-bond acceptors (Lipinski definition) is 6. The van der Waals surface area contributed by atoms with Crippen LogP contribution in [0.2, 0.25) is 0 Å². The number of hydrogen-bond donors (Lipinski definition) is 3. The highest BCUT2D eigenvalue weighted by molar-refractivity contribution is 5.92. The normalized spacial score (nSPS) is 10.6. The fourth-order valence-electron chi connectivity index (χ4n) is 6.74. The fourth-order valence-corrected chi connectivity index (χ4v) is 6.74. The highest BCUT2D eigenvalue weighted by Crippen LogP contribution is 2.27. The van der Waals surface area contributed by atoms with E-state index in [0.717, 1.165) is 22.4 Å². The minimum atomic E-state index is -0.369. The number of ether oxygens (including phenoxy) is 1. The van der Waals surface area contributed by atoms with E-state index in [0.29, 0.717) is 17.2 Å². The molecule has 0 fully saturated rings. The van der Waals surface area contributed by atoms with E-state index in [2.05, 4.69) is 190 Å². The quantitative estimate of drug-likeness (QED) is 0.162. The first-order valence-corrected chi connectivity index (χ1v) is 28.4. The number of rotatable bonds is 3. The van der Waals surface area contributed by atoms with Gasteiger partial charge in [-0.3, -0.25) is 9.78 Å². The molecule has 0 bridgehead atoms. The van der Waals surface area contributed by atoms with Gasteiger partial charge in [0.15, 0.2) is 0 Å². The van der Waals surface area contributed by atoms with Crippen LogP contribution in [0.15, 0.2) is 170 Å². The van der Waals surface area contributed by atoms with E-state index in [1.165, 1.54) is 27.8 Å². The van der Waals surface area contributed by atoms with Gasteiger partial charge in [-0.2, -0.15) is 0 Å². The summed E-state index contributed by atoms with van der Waals surface area (Å²) >= 11 is 0. The molecule has 1 amide bonds. The highest BCUT2D eigenvalue weighted by Gasteiger charge is 2.17. The van der Waals surface area contributed by atoms with Gasteiger partial charge in [0.2, 0.25) is 11.8 Å². The number of nitrogens with zero attached hydrogens (tertiary/aromatic N) is 2. The number of primary amides is 1. The summed E-state index contributed by atoms with van der Waals surface area (Å²) in [6, 6.07) is 51.8. The second kappa shape index (κ2) is 39.8. The smallest absolute Gasteiger partial charge is 0.248 e. The Hall–Kier alpha value is -6.57. The number of aromatic hydroxyl groups is 1. The summed E-state index contributed by atoms with van der Waals surface area (Å²) in [5.74, 6) is 0.658. The van der Waals surface area contributed by atoms with Gasteiger partial charge in [-0.15, -0.1) is 0 Å². The van der Waals surface area contributed by atoms with Gasteiger partial charge in [-0.05, 0) is 128 Å². The van der Waals surface area contributed by atoms with Crippen LogP contribution in [0.1, 0.15) is 228 Å². The maximum atomic E-state index is 10.9. The Morgan fingerprint density at radius 3 is 1.11 bits per heavy atom. The van der Waals surface area contributed by atoms with Crippen LogP contribution < -0.4 is 10.5 Å². The van der Waals surface area contributed by atoms with E-state index < -0.39 is 0 Å². The molecule has 0 aliphatic rings. The predicted molar refractivity (Wildman–Crippen MR) is 361 cm³/mol. The van der Waals surface area contributed by atoms with Gasteiger partial charge >= 0.3 is 0 Å². The van der Waals surface area contributed by atoms with Crippen molar-refractivity contribution >= 4 is 5.91 Å². The minimum Gasteiger partial charge on any atom is -0.508 e. The van der Waals surface area contributed by atoms with Crippen molar-refractivity contribution in [3.05, 3.63) is 226 Å². The highest BCUT2D eigenvalue weighted by atomic mass is 16.5. The number of carbonyl (C=O) groups excluding carboxylic acids is 1. The van der Waals surface area contributed by atoms with Crippen molar-refractivity contribution in [3.8, 4) is 11.6 Å². The van der Waals surface area contributed by atoms with Gasteiger partial charge in [0.25, 0.3) is 0 Å². The summed E-state index contributed by atoms with van der Waals surface area (Å²) in [4.78, 5) is 19.1. The van der Waals surface area contributed by atoms with Gasteiger partial charge in [0.1, 0.15) is 5.75 Å². The number of aromatic nitrogens is 2. The predicted octanol–water partition coefficient (Wildman–Crippen LogP) is 20.6. The number of methoxy groups -OCH3 is 1. The molecular weight excluding hydrogens is 1010 g/mol. The summed E-state index contributed by atoms with van der Waals surface area (Å²) in [5.41, 5.74) is 17.8. The molecule has 0 aliphatic carbocycles. The van der Waals surface area contributed by atoms with Gasteiger partial charge in [0.05, 0.1) is 13.7 Å². The number of aryl methyl sites for hydroxylation is 2. The lowest BCUT2D eigenvalue weighted by molar-refractivity contribution is 0.1000. The molecule has 0 spiro atoms. The largest absolute Gasteiger partial charge is 0.508 e. The van der Waals surface area contributed by atoms with Gasteiger partial charge in [-0.1, -0.05) is 282 Å². The van der Waals surface area contributed by atoms with E-state index in [-0.39, 0.29) is 59.9 Å². The van der Waals surface area contributed by atoms with Gasteiger partial charge in [-0.25, -0.2) is 4.98 Å². The zero-order chi connectivity index (χ0) is 62.1. The summed E-state index contributed by atoms with van der Waals surface area (Å²) in [6.45, 7) is 51.3. The molecule has 0 atom stereocenters. The van der Waals surface area contributed by atoms with Crippen molar-refractivity contribution in [2.75, 3.05) is 7.11 Å². The molecule has 456 valence electrons. The third-order valence-electron chi connectivity index (χ3n) is 11.8. The third kappa shape index (κ3) is 36.0. The number of pyridine rings is 2. The molecule has 2 aromatic heterocycles. The summed E-state index contributed by atoms with van der Waals surface area (Å²) in [7, 11) is 1.63. The Morgan fingerprint density at radius 2 is 0.780 bits per heavy atom. The molecule has 7 nitrogen and oxygen atoms in total. The Balaban J connectivity index is -0.000000429. The summed E-state index contributed by atoms with van der Waals surface area (Å²) in [5, 5.41) is 18.1. The van der Waals surface area contributed by atoms with Crippen LogP contribution in [0.5, 0.6) is 11.6 Å². The average molecular weight is 1120 g/mol. The minimum absolute atomic E-state index is 0. The molecule has 7 rings (SSSR count). The maximum Gasteiger partial charge on any atom is 0.248 e. The molecule has 82 heavy (non-hydrogen) atoms. The van der Waals surface area contributed by atoms with Crippen molar-refractivity contribution in [1.82, 2.24) is 9.97 Å². The first-order chi connectivity index (χ1) is 37.0. The number of benzene rings is 5. The van der Waals surface area contributed by atoms with E-state index >= 15 is 0 Å². The third-order valence-corrected chi connectivity index (χ3v) is 11.8. The average Bonchev–Trinajstić information content (AvgIpc) is 3.40. The zero-order valence-electron chi connectivity index (χ0n) is 54.6. The second-order valence-corrected chi connectivity index (χ2v) is 25.2. The number of phenolic OH excluding ortho intramolecular Hbond substituents is 1. The molecule has 7 heteroatoms. The molecule has 2 heterocycles. The summed E-state index contributed by atoms with van der Waals surface area (Å²) < 4.78 is 5.04. The van der Waals surface area contributed by atoms with Crippen LogP contribution in [-0.2, 0) is 39.1 Å². The Bertz CT molecular complexity index is 2520. The number of aliphatic hydroxyl groups excluding tert-OH is 1. The number of aliphatic hydroxyl groups is 1. The number of amides is 1. The standard InChI is InChI=1S/C11H15NO.C11H16O.C11H16.C10H15NO.C10H15N.C10H14O.C6H6.2C2H6.2CH4/c1-11(2,3)9-6-4-5-8(7-9)10(12)13;1-11(2,3)10-6-4-5-9(7-10)8-12;1-9-6-5-7-10(8-9)11(2,3)4;1-10(2,3)8-5-6-11-9(7-8)12-4;1-8-7-9(5-6-11-8)10(2,3)4;1-10(2,3)8-5-4-6-9(11)7-8;1-2-4-6-5-3-1;2*1-2;;/h4-7H,1-3H3,(H2,12,13);4-7,12H,8H2,1-3H3;5-8H,1-4H3;5-7H,1-4H3;5-7H,1-4H3;4-7,11H,1-3H3;1-6H;2*1-2H3;2*1H4. The van der Waals surface area contributed by atoms with Crippen LogP contribution in [0, 0.1) is 13.8 Å². The van der Waals surface area contributed by atoms with E-state index in [1.54, 1.807) is 31.5 Å². The Morgan fingerprint density at radius 1 is 0.439 bits per heavy atom.